The first-order valence-corrected chi connectivity index (χ1v) is 6.26. The molecule has 3 rings (SSSR count). The van der Waals surface area contributed by atoms with Gasteiger partial charge in [-0.1, -0.05) is 13.0 Å². The van der Waals surface area contributed by atoms with Crippen LogP contribution in [0.2, 0.25) is 0 Å². The Hall–Kier alpha value is -0.890. The van der Waals surface area contributed by atoms with Crippen LogP contribution in [0.4, 0.5) is 4.39 Å². The van der Waals surface area contributed by atoms with E-state index in [4.69, 9.17) is 0 Å². The summed E-state index contributed by atoms with van der Waals surface area (Å²) in [4.78, 5) is 0. The smallest absolute Gasteiger partial charge is 0.123 e. The van der Waals surface area contributed by atoms with Crippen molar-refractivity contribution >= 4 is 0 Å². The van der Waals surface area contributed by atoms with Crippen LogP contribution in [0.15, 0.2) is 18.2 Å². The van der Waals surface area contributed by atoms with E-state index in [-0.39, 0.29) is 5.82 Å². The summed E-state index contributed by atoms with van der Waals surface area (Å²) in [6.45, 7) is 3.31. The summed E-state index contributed by atoms with van der Waals surface area (Å²) in [7, 11) is 0. The van der Waals surface area contributed by atoms with E-state index in [0.29, 0.717) is 12.0 Å². The molecule has 1 fully saturated rings. The number of nitrogens with one attached hydrogen (secondary N) is 1. The number of hydrogen-bond acceptors (Lipinski definition) is 1. The lowest BCUT2D eigenvalue weighted by Crippen LogP contribution is -2.25. The molecule has 1 aliphatic heterocycles. The van der Waals surface area contributed by atoms with Crippen molar-refractivity contribution in [2.75, 3.05) is 6.54 Å². The van der Waals surface area contributed by atoms with Gasteiger partial charge in [0.2, 0.25) is 0 Å². The van der Waals surface area contributed by atoms with Crippen LogP contribution in [-0.4, -0.2) is 6.54 Å². The summed E-state index contributed by atoms with van der Waals surface area (Å²) in [6.07, 6.45) is 3.66. The molecule has 2 aliphatic rings. The monoisotopic (exact) mass is 219 g/mol. The Bertz CT molecular complexity index is 398. The molecule has 1 aliphatic carbocycles. The predicted molar refractivity (Wildman–Crippen MR) is 62.7 cm³/mol. The third-order valence-electron chi connectivity index (χ3n) is 3.79. The number of halogens is 1. The highest BCUT2D eigenvalue weighted by molar-refractivity contribution is 5.33. The van der Waals surface area contributed by atoms with Crippen molar-refractivity contribution in [3.05, 3.63) is 35.1 Å². The van der Waals surface area contributed by atoms with Crippen LogP contribution in [0.3, 0.4) is 0 Å². The maximum atomic E-state index is 13.4. The van der Waals surface area contributed by atoms with E-state index in [1.165, 1.54) is 24.0 Å². The van der Waals surface area contributed by atoms with Crippen molar-refractivity contribution in [3.63, 3.8) is 0 Å². The summed E-state index contributed by atoms with van der Waals surface area (Å²) in [6, 6.07) is 5.71. The van der Waals surface area contributed by atoms with Crippen molar-refractivity contribution in [1.82, 2.24) is 5.32 Å². The topological polar surface area (TPSA) is 12.0 Å². The lowest BCUT2D eigenvalue weighted by molar-refractivity contribution is 0.444. The highest BCUT2D eigenvalue weighted by Gasteiger charge is 2.35. The molecule has 2 heteroatoms. The Morgan fingerprint density at radius 2 is 2.12 bits per heavy atom. The molecule has 0 bridgehead atoms. The molecule has 16 heavy (non-hydrogen) atoms. The summed E-state index contributed by atoms with van der Waals surface area (Å²) in [5.74, 6) is 1.29. The molecule has 0 aromatic heterocycles. The third kappa shape index (κ3) is 1.86. The van der Waals surface area contributed by atoms with Crippen molar-refractivity contribution in [2.24, 2.45) is 11.8 Å². The molecule has 1 saturated carbocycles. The minimum Gasteiger partial charge on any atom is -0.309 e. The maximum absolute atomic E-state index is 13.4. The largest absolute Gasteiger partial charge is 0.309 e. The molecule has 2 unspecified atom stereocenters. The fourth-order valence-electron chi connectivity index (χ4n) is 2.78. The molecule has 0 spiro atoms. The van der Waals surface area contributed by atoms with Crippen LogP contribution in [-0.2, 0) is 6.42 Å². The minimum absolute atomic E-state index is 0.0965. The zero-order valence-electron chi connectivity index (χ0n) is 9.67. The standard InChI is InChI=1S/C14H18FN/c1-9-6-11-4-5-12(15)7-13(11)14(16-8-9)10-2-3-10/h4-5,7,9-10,14,16H,2-3,6,8H2,1H3. The van der Waals surface area contributed by atoms with E-state index < -0.39 is 0 Å². The second-order valence-electron chi connectivity index (χ2n) is 5.38. The SMILES string of the molecule is CC1CNC(C2CC2)c2cc(F)ccc2C1. The summed E-state index contributed by atoms with van der Waals surface area (Å²) in [5.41, 5.74) is 2.56. The number of benzene rings is 1. The lowest BCUT2D eigenvalue weighted by Gasteiger charge is -2.18. The highest BCUT2D eigenvalue weighted by atomic mass is 19.1. The molecule has 86 valence electrons. The van der Waals surface area contributed by atoms with E-state index in [0.717, 1.165) is 18.9 Å². The van der Waals surface area contributed by atoms with Gasteiger partial charge in [-0.3, -0.25) is 0 Å². The van der Waals surface area contributed by atoms with E-state index in [1.54, 1.807) is 12.1 Å². The molecule has 0 radical (unpaired) electrons. The van der Waals surface area contributed by atoms with Crippen molar-refractivity contribution in [1.29, 1.82) is 0 Å². The van der Waals surface area contributed by atoms with Gasteiger partial charge in [-0.05, 0) is 60.9 Å². The first kappa shape index (κ1) is 10.3. The van der Waals surface area contributed by atoms with Crippen molar-refractivity contribution in [3.8, 4) is 0 Å². The van der Waals surface area contributed by atoms with Gasteiger partial charge < -0.3 is 5.32 Å². The van der Waals surface area contributed by atoms with E-state index >= 15 is 0 Å². The van der Waals surface area contributed by atoms with Gasteiger partial charge in [0, 0.05) is 6.04 Å². The Morgan fingerprint density at radius 3 is 2.88 bits per heavy atom. The zero-order valence-corrected chi connectivity index (χ0v) is 9.67. The molecule has 1 heterocycles. The Balaban J connectivity index is 2.01. The summed E-state index contributed by atoms with van der Waals surface area (Å²) >= 11 is 0. The van der Waals surface area contributed by atoms with E-state index in [9.17, 15) is 4.39 Å². The van der Waals surface area contributed by atoms with Gasteiger partial charge in [0.05, 0.1) is 0 Å². The highest BCUT2D eigenvalue weighted by Crippen LogP contribution is 2.43. The van der Waals surface area contributed by atoms with Gasteiger partial charge in [0.1, 0.15) is 5.82 Å². The predicted octanol–water partition coefficient (Wildman–Crippen LogP) is 3.06. The number of hydrogen-bond donors (Lipinski definition) is 1. The molecule has 1 N–H and O–H groups in total. The van der Waals surface area contributed by atoms with Crippen LogP contribution >= 0.6 is 0 Å². The first-order valence-electron chi connectivity index (χ1n) is 6.26. The van der Waals surface area contributed by atoms with E-state index in [1.807, 2.05) is 6.07 Å². The summed E-state index contributed by atoms with van der Waals surface area (Å²) in [5, 5.41) is 3.61. The fourth-order valence-corrected chi connectivity index (χ4v) is 2.78. The van der Waals surface area contributed by atoms with Crippen LogP contribution in [0.5, 0.6) is 0 Å². The van der Waals surface area contributed by atoms with Gasteiger partial charge in [-0.15, -0.1) is 0 Å². The first-order chi connectivity index (χ1) is 7.74. The molecule has 0 amide bonds. The second kappa shape index (κ2) is 3.85. The van der Waals surface area contributed by atoms with Gasteiger partial charge in [-0.2, -0.15) is 0 Å². The molecular formula is C14H18FN. The van der Waals surface area contributed by atoms with Crippen LogP contribution in [0.1, 0.15) is 36.9 Å². The third-order valence-corrected chi connectivity index (χ3v) is 3.79. The fraction of sp³-hybridized carbons (Fsp3) is 0.571. The van der Waals surface area contributed by atoms with Crippen molar-refractivity contribution in [2.45, 2.75) is 32.2 Å². The van der Waals surface area contributed by atoms with Gasteiger partial charge in [0.25, 0.3) is 0 Å². The van der Waals surface area contributed by atoms with Gasteiger partial charge in [0.15, 0.2) is 0 Å². The Morgan fingerprint density at radius 1 is 1.31 bits per heavy atom. The molecule has 1 nitrogen and oxygen atoms in total. The molecular weight excluding hydrogens is 201 g/mol. The minimum atomic E-state index is -0.0965. The molecule has 0 saturated heterocycles. The van der Waals surface area contributed by atoms with E-state index in [2.05, 4.69) is 12.2 Å². The van der Waals surface area contributed by atoms with Gasteiger partial charge >= 0.3 is 0 Å². The van der Waals surface area contributed by atoms with Crippen LogP contribution < -0.4 is 5.32 Å². The molecule has 2 atom stereocenters. The Kier molecular flexibility index (Phi) is 2.47. The number of fused-ring (bicyclic) bond motifs is 1. The second-order valence-corrected chi connectivity index (χ2v) is 5.38. The van der Waals surface area contributed by atoms with Crippen LogP contribution in [0.25, 0.3) is 0 Å². The normalized spacial score (nSPS) is 29.6. The average Bonchev–Trinajstić information content (AvgIpc) is 3.05. The van der Waals surface area contributed by atoms with Crippen molar-refractivity contribution < 1.29 is 4.39 Å². The average molecular weight is 219 g/mol. The molecule has 1 aromatic carbocycles. The number of rotatable bonds is 1. The lowest BCUT2D eigenvalue weighted by atomic mass is 9.94. The van der Waals surface area contributed by atoms with Crippen LogP contribution in [0, 0.1) is 17.7 Å². The summed E-state index contributed by atoms with van der Waals surface area (Å²) < 4.78 is 13.4. The maximum Gasteiger partial charge on any atom is 0.123 e. The molecule has 1 aromatic rings. The quantitative estimate of drug-likeness (QED) is 0.765. The Labute approximate surface area is 96.1 Å². The van der Waals surface area contributed by atoms with Gasteiger partial charge in [-0.25, -0.2) is 4.39 Å². The zero-order chi connectivity index (χ0) is 11.1.